The Balaban J connectivity index is 2.68. The Labute approximate surface area is 108 Å². The van der Waals surface area contributed by atoms with Gasteiger partial charge in [0.05, 0.1) is 12.1 Å². The summed E-state index contributed by atoms with van der Waals surface area (Å²) in [6.45, 7) is 7.60. The number of hydrogen-bond acceptors (Lipinski definition) is 2. The maximum Gasteiger partial charge on any atom is 0.237 e. The van der Waals surface area contributed by atoms with Gasteiger partial charge in [0.25, 0.3) is 0 Å². The highest BCUT2D eigenvalue weighted by Crippen LogP contribution is 2.19. The van der Waals surface area contributed by atoms with Crippen molar-refractivity contribution in [2.24, 2.45) is 11.1 Å². The van der Waals surface area contributed by atoms with Crippen LogP contribution in [-0.4, -0.2) is 11.9 Å². The first-order valence-corrected chi connectivity index (χ1v) is 6.03. The Morgan fingerprint density at radius 1 is 1.28 bits per heavy atom. The number of nitrogens with one attached hydrogen (secondary N) is 1. The first-order chi connectivity index (χ1) is 8.21. The molecular weight excluding hydrogens is 231 g/mol. The summed E-state index contributed by atoms with van der Waals surface area (Å²) in [7, 11) is 0. The molecule has 2 unspecified atom stereocenters. The SMILES string of the molecule is CC(NC(=O)C(N)C(C)(C)C)c1ccc(F)cc1. The Morgan fingerprint density at radius 2 is 1.78 bits per heavy atom. The van der Waals surface area contributed by atoms with E-state index in [1.807, 2.05) is 27.7 Å². The van der Waals surface area contributed by atoms with Gasteiger partial charge in [-0.3, -0.25) is 4.79 Å². The fourth-order valence-electron chi connectivity index (χ4n) is 1.53. The van der Waals surface area contributed by atoms with Crippen LogP contribution in [0.5, 0.6) is 0 Å². The summed E-state index contributed by atoms with van der Waals surface area (Å²) in [5.41, 5.74) is 6.44. The lowest BCUT2D eigenvalue weighted by Crippen LogP contribution is -2.49. The molecule has 0 aliphatic carbocycles. The standard InChI is InChI=1S/C14H21FN2O/c1-9(10-5-7-11(15)8-6-10)17-13(18)12(16)14(2,3)4/h5-9,12H,16H2,1-4H3,(H,17,18). The van der Waals surface area contributed by atoms with Crippen molar-refractivity contribution in [1.29, 1.82) is 0 Å². The van der Waals surface area contributed by atoms with Crippen LogP contribution >= 0.6 is 0 Å². The van der Waals surface area contributed by atoms with Crippen molar-refractivity contribution >= 4 is 5.91 Å². The third-order valence-electron chi connectivity index (χ3n) is 2.94. The molecule has 3 nitrogen and oxygen atoms in total. The highest BCUT2D eigenvalue weighted by Gasteiger charge is 2.28. The number of carbonyl (C=O) groups excluding carboxylic acids is 1. The van der Waals surface area contributed by atoms with Crippen LogP contribution in [0.1, 0.15) is 39.3 Å². The van der Waals surface area contributed by atoms with Gasteiger partial charge in [0.2, 0.25) is 5.91 Å². The van der Waals surface area contributed by atoms with E-state index in [2.05, 4.69) is 5.32 Å². The van der Waals surface area contributed by atoms with Crippen LogP contribution in [0.3, 0.4) is 0 Å². The second-order valence-corrected chi connectivity index (χ2v) is 5.63. The van der Waals surface area contributed by atoms with E-state index >= 15 is 0 Å². The molecule has 0 aromatic heterocycles. The third-order valence-corrected chi connectivity index (χ3v) is 2.94. The molecule has 1 rings (SSSR count). The van der Waals surface area contributed by atoms with Crippen molar-refractivity contribution in [3.05, 3.63) is 35.6 Å². The minimum atomic E-state index is -0.569. The molecular formula is C14H21FN2O. The van der Waals surface area contributed by atoms with E-state index in [9.17, 15) is 9.18 Å². The number of carbonyl (C=O) groups is 1. The molecule has 1 aromatic rings. The molecule has 1 amide bonds. The second-order valence-electron chi connectivity index (χ2n) is 5.63. The Kier molecular flexibility index (Phi) is 4.46. The summed E-state index contributed by atoms with van der Waals surface area (Å²) in [5.74, 6) is -0.483. The minimum Gasteiger partial charge on any atom is -0.348 e. The number of halogens is 1. The molecule has 0 spiro atoms. The van der Waals surface area contributed by atoms with Crippen LogP contribution in [0.25, 0.3) is 0 Å². The molecule has 0 saturated heterocycles. The van der Waals surface area contributed by atoms with Gasteiger partial charge in [-0.1, -0.05) is 32.9 Å². The largest absolute Gasteiger partial charge is 0.348 e. The fraction of sp³-hybridized carbons (Fsp3) is 0.500. The van der Waals surface area contributed by atoms with E-state index in [1.165, 1.54) is 12.1 Å². The summed E-state index contributed by atoms with van der Waals surface area (Å²) >= 11 is 0. The van der Waals surface area contributed by atoms with Gasteiger partial charge in [-0.25, -0.2) is 4.39 Å². The Morgan fingerprint density at radius 3 is 2.22 bits per heavy atom. The first kappa shape index (κ1) is 14.6. The summed E-state index contributed by atoms with van der Waals surface area (Å²) in [5, 5.41) is 2.84. The fourth-order valence-corrected chi connectivity index (χ4v) is 1.53. The van der Waals surface area contributed by atoms with E-state index in [-0.39, 0.29) is 23.2 Å². The first-order valence-electron chi connectivity index (χ1n) is 6.03. The van der Waals surface area contributed by atoms with Crippen LogP contribution in [-0.2, 0) is 4.79 Å². The lowest BCUT2D eigenvalue weighted by Gasteiger charge is -2.27. The lowest BCUT2D eigenvalue weighted by molar-refractivity contribution is -0.125. The smallest absolute Gasteiger partial charge is 0.237 e. The van der Waals surface area contributed by atoms with Crippen LogP contribution in [0, 0.1) is 11.2 Å². The van der Waals surface area contributed by atoms with E-state index in [1.54, 1.807) is 12.1 Å². The number of nitrogens with two attached hydrogens (primary N) is 1. The van der Waals surface area contributed by atoms with E-state index in [4.69, 9.17) is 5.73 Å². The summed E-state index contributed by atoms with van der Waals surface area (Å²) in [6.07, 6.45) is 0. The van der Waals surface area contributed by atoms with Crippen molar-refractivity contribution < 1.29 is 9.18 Å². The van der Waals surface area contributed by atoms with Gasteiger partial charge >= 0.3 is 0 Å². The van der Waals surface area contributed by atoms with Gasteiger partial charge in [0, 0.05) is 0 Å². The predicted octanol–water partition coefficient (Wildman–Crippen LogP) is 2.38. The van der Waals surface area contributed by atoms with Crippen LogP contribution in [0.2, 0.25) is 0 Å². The topological polar surface area (TPSA) is 55.1 Å². The molecule has 0 heterocycles. The molecule has 2 atom stereocenters. The van der Waals surface area contributed by atoms with E-state index in [0.29, 0.717) is 0 Å². The zero-order valence-electron chi connectivity index (χ0n) is 11.3. The van der Waals surface area contributed by atoms with Gasteiger partial charge < -0.3 is 11.1 Å². The number of hydrogen-bond donors (Lipinski definition) is 2. The zero-order chi connectivity index (χ0) is 13.9. The van der Waals surface area contributed by atoms with Gasteiger partial charge in [0.1, 0.15) is 5.82 Å². The average Bonchev–Trinajstić information content (AvgIpc) is 2.27. The van der Waals surface area contributed by atoms with E-state index < -0.39 is 6.04 Å². The van der Waals surface area contributed by atoms with Gasteiger partial charge in [0.15, 0.2) is 0 Å². The Hall–Kier alpha value is -1.42. The van der Waals surface area contributed by atoms with Crippen LogP contribution in [0.15, 0.2) is 24.3 Å². The normalized spacial score (nSPS) is 15.0. The molecule has 1 aromatic carbocycles. The number of amides is 1. The molecule has 0 saturated carbocycles. The molecule has 100 valence electrons. The maximum atomic E-state index is 12.8. The van der Waals surface area contributed by atoms with Gasteiger partial charge in [-0.05, 0) is 30.0 Å². The summed E-state index contributed by atoms with van der Waals surface area (Å²) < 4.78 is 12.8. The minimum absolute atomic E-state index is 0.188. The molecule has 18 heavy (non-hydrogen) atoms. The number of benzene rings is 1. The summed E-state index contributed by atoms with van der Waals surface area (Å²) in [4.78, 5) is 11.9. The summed E-state index contributed by atoms with van der Waals surface area (Å²) in [6, 6.07) is 5.31. The lowest BCUT2D eigenvalue weighted by atomic mass is 9.86. The second kappa shape index (κ2) is 5.48. The van der Waals surface area contributed by atoms with Crippen molar-refractivity contribution in [3.63, 3.8) is 0 Å². The number of rotatable bonds is 3. The van der Waals surface area contributed by atoms with Crippen LogP contribution < -0.4 is 11.1 Å². The quantitative estimate of drug-likeness (QED) is 0.867. The molecule has 0 fully saturated rings. The monoisotopic (exact) mass is 252 g/mol. The zero-order valence-corrected chi connectivity index (χ0v) is 11.3. The van der Waals surface area contributed by atoms with Crippen molar-refractivity contribution in [3.8, 4) is 0 Å². The van der Waals surface area contributed by atoms with Crippen molar-refractivity contribution in [1.82, 2.24) is 5.32 Å². The van der Waals surface area contributed by atoms with Crippen LogP contribution in [0.4, 0.5) is 4.39 Å². The highest BCUT2D eigenvalue weighted by atomic mass is 19.1. The highest BCUT2D eigenvalue weighted by molar-refractivity contribution is 5.82. The molecule has 4 heteroatoms. The van der Waals surface area contributed by atoms with E-state index in [0.717, 1.165) is 5.56 Å². The molecule has 0 radical (unpaired) electrons. The van der Waals surface area contributed by atoms with Crippen molar-refractivity contribution in [2.45, 2.75) is 39.8 Å². The third kappa shape index (κ3) is 3.81. The van der Waals surface area contributed by atoms with Crippen molar-refractivity contribution in [2.75, 3.05) is 0 Å². The Bertz CT molecular complexity index is 409. The van der Waals surface area contributed by atoms with Gasteiger partial charge in [-0.2, -0.15) is 0 Å². The molecule has 0 bridgehead atoms. The average molecular weight is 252 g/mol. The maximum absolute atomic E-state index is 12.8. The molecule has 0 aliphatic heterocycles. The van der Waals surface area contributed by atoms with Gasteiger partial charge in [-0.15, -0.1) is 0 Å². The molecule has 3 N–H and O–H groups in total. The predicted molar refractivity (Wildman–Crippen MR) is 70.4 cm³/mol. The molecule has 0 aliphatic rings.